The summed E-state index contributed by atoms with van der Waals surface area (Å²) in [6.07, 6.45) is 1.74. The highest BCUT2D eigenvalue weighted by Gasteiger charge is 2.44. The van der Waals surface area contributed by atoms with Crippen molar-refractivity contribution in [1.82, 2.24) is 5.06 Å². The lowest BCUT2D eigenvalue weighted by Crippen LogP contribution is -2.45. The number of rotatable bonds is 6. The second-order valence-corrected chi connectivity index (χ2v) is 6.71. The molecule has 0 aromatic heterocycles. The van der Waals surface area contributed by atoms with E-state index in [0.29, 0.717) is 32.4 Å². The average Bonchev–Trinajstić information content (AvgIpc) is 2.58. The fourth-order valence-corrected chi connectivity index (χ4v) is 3.41. The van der Waals surface area contributed by atoms with Crippen molar-refractivity contribution >= 4 is 11.8 Å². The minimum atomic E-state index is -0.724. The predicted octanol–water partition coefficient (Wildman–Crippen LogP) is 2.62. The standard InChI is InChI=1S/C19H27NO4/c1-14-5-6-15(2)16(11-14)12-17(21)13-19(18(22)23-3)7-9-20(24-4)10-8-19/h5-6,11H,7-10,12-13H2,1-4H3. The number of benzene rings is 1. The van der Waals surface area contributed by atoms with E-state index in [1.807, 2.05) is 37.1 Å². The lowest BCUT2D eigenvalue weighted by Gasteiger charge is -2.38. The van der Waals surface area contributed by atoms with Crippen LogP contribution in [0.3, 0.4) is 0 Å². The number of carbonyl (C=O) groups is 2. The number of esters is 1. The first-order valence-corrected chi connectivity index (χ1v) is 8.35. The highest BCUT2D eigenvalue weighted by Crippen LogP contribution is 2.37. The van der Waals surface area contributed by atoms with E-state index in [1.54, 1.807) is 7.11 Å². The van der Waals surface area contributed by atoms with Gasteiger partial charge >= 0.3 is 5.97 Å². The number of aryl methyl sites for hydroxylation is 2. The zero-order chi connectivity index (χ0) is 17.7. The number of ether oxygens (including phenoxy) is 1. The van der Waals surface area contributed by atoms with Gasteiger partial charge in [-0.25, -0.2) is 0 Å². The molecule has 1 aromatic rings. The lowest BCUT2D eigenvalue weighted by molar-refractivity contribution is -0.179. The van der Waals surface area contributed by atoms with E-state index in [0.717, 1.165) is 16.7 Å². The van der Waals surface area contributed by atoms with Crippen LogP contribution in [0, 0.1) is 19.3 Å². The number of Topliss-reactive ketones (excluding diaryl/α,β-unsaturated/α-hetero) is 1. The van der Waals surface area contributed by atoms with Crippen LogP contribution in [-0.2, 0) is 25.6 Å². The number of hydrogen-bond donors (Lipinski definition) is 0. The molecule has 0 bridgehead atoms. The van der Waals surface area contributed by atoms with Crippen LogP contribution in [0.4, 0.5) is 0 Å². The molecule has 5 nitrogen and oxygen atoms in total. The molecule has 132 valence electrons. The van der Waals surface area contributed by atoms with Crippen molar-refractivity contribution in [3.63, 3.8) is 0 Å². The third-order valence-corrected chi connectivity index (χ3v) is 4.98. The van der Waals surface area contributed by atoms with Gasteiger partial charge in [-0.2, -0.15) is 5.06 Å². The minimum Gasteiger partial charge on any atom is -0.469 e. The summed E-state index contributed by atoms with van der Waals surface area (Å²) in [5.74, 6) is -0.201. The number of hydroxylamine groups is 2. The van der Waals surface area contributed by atoms with Gasteiger partial charge in [0, 0.05) is 25.9 Å². The van der Waals surface area contributed by atoms with E-state index in [4.69, 9.17) is 9.57 Å². The SMILES string of the molecule is COC(=O)C1(CC(=O)Cc2cc(C)ccc2C)CCN(OC)CC1. The monoisotopic (exact) mass is 333 g/mol. The summed E-state index contributed by atoms with van der Waals surface area (Å²) < 4.78 is 5.01. The first-order chi connectivity index (χ1) is 11.4. The number of ketones is 1. The Kier molecular flexibility index (Phi) is 6.13. The smallest absolute Gasteiger partial charge is 0.312 e. The third-order valence-electron chi connectivity index (χ3n) is 4.98. The Morgan fingerprint density at radius 1 is 1.17 bits per heavy atom. The van der Waals surface area contributed by atoms with Crippen LogP contribution >= 0.6 is 0 Å². The van der Waals surface area contributed by atoms with Crippen LogP contribution < -0.4 is 0 Å². The van der Waals surface area contributed by atoms with Gasteiger partial charge in [0.05, 0.1) is 19.6 Å². The second-order valence-electron chi connectivity index (χ2n) is 6.71. The topological polar surface area (TPSA) is 55.8 Å². The quantitative estimate of drug-likeness (QED) is 0.749. The molecule has 5 heteroatoms. The average molecular weight is 333 g/mol. The summed E-state index contributed by atoms with van der Waals surface area (Å²) in [6, 6.07) is 6.12. The van der Waals surface area contributed by atoms with Crippen molar-refractivity contribution in [2.24, 2.45) is 5.41 Å². The molecule has 0 amide bonds. The van der Waals surface area contributed by atoms with Crippen molar-refractivity contribution in [3.8, 4) is 0 Å². The van der Waals surface area contributed by atoms with E-state index in [9.17, 15) is 9.59 Å². The van der Waals surface area contributed by atoms with Crippen LogP contribution in [0.2, 0.25) is 0 Å². The Morgan fingerprint density at radius 2 is 1.83 bits per heavy atom. The molecule has 2 rings (SSSR count). The van der Waals surface area contributed by atoms with Gasteiger partial charge in [-0.05, 0) is 37.8 Å². The van der Waals surface area contributed by atoms with Gasteiger partial charge in [0.15, 0.2) is 0 Å². The van der Waals surface area contributed by atoms with Crippen molar-refractivity contribution < 1.29 is 19.2 Å². The fourth-order valence-electron chi connectivity index (χ4n) is 3.41. The minimum absolute atomic E-state index is 0.0833. The maximum absolute atomic E-state index is 12.7. The molecule has 24 heavy (non-hydrogen) atoms. The Bertz CT molecular complexity index is 603. The summed E-state index contributed by atoms with van der Waals surface area (Å²) in [5, 5.41) is 1.82. The number of carbonyl (C=O) groups excluding carboxylic acids is 2. The zero-order valence-corrected chi connectivity index (χ0v) is 15.1. The normalized spacial score (nSPS) is 17.5. The van der Waals surface area contributed by atoms with Crippen LogP contribution in [0.1, 0.15) is 36.0 Å². The maximum Gasteiger partial charge on any atom is 0.312 e. The van der Waals surface area contributed by atoms with Crippen LogP contribution in [0.5, 0.6) is 0 Å². The molecule has 1 saturated heterocycles. The highest BCUT2D eigenvalue weighted by molar-refractivity contribution is 5.88. The first kappa shape index (κ1) is 18.6. The molecule has 0 spiro atoms. The molecule has 0 aliphatic carbocycles. The van der Waals surface area contributed by atoms with Gasteiger partial charge in [-0.1, -0.05) is 23.8 Å². The molecule has 1 aromatic carbocycles. The van der Waals surface area contributed by atoms with E-state index in [-0.39, 0.29) is 18.2 Å². The molecule has 0 unspecified atom stereocenters. The van der Waals surface area contributed by atoms with Crippen molar-refractivity contribution in [2.75, 3.05) is 27.3 Å². The Morgan fingerprint density at radius 3 is 2.42 bits per heavy atom. The van der Waals surface area contributed by atoms with Crippen molar-refractivity contribution in [3.05, 3.63) is 34.9 Å². The molecule has 1 aliphatic rings. The number of nitrogens with zero attached hydrogens (tertiary/aromatic N) is 1. The second kappa shape index (κ2) is 7.90. The molecule has 1 heterocycles. The summed E-state index contributed by atoms with van der Waals surface area (Å²) in [5.41, 5.74) is 2.56. The Labute approximate surface area is 143 Å². The first-order valence-electron chi connectivity index (χ1n) is 8.35. The summed E-state index contributed by atoms with van der Waals surface area (Å²) in [4.78, 5) is 30.3. The van der Waals surface area contributed by atoms with E-state index >= 15 is 0 Å². The Hall–Kier alpha value is -1.72. The number of methoxy groups -OCH3 is 1. The van der Waals surface area contributed by atoms with Gasteiger partial charge in [-0.15, -0.1) is 0 Å². The zero-order valence-electron chi connectivity index (χ0n) is 15.1. The largest absolute Gasteiger partial charge is 0.469 e. The van der Waals surface area contributed by atoms with Gasteiger partial charge in [0.25, 0.3) is 0 Å². The van der Waals surface area contributed by atoms with Crippen LogP contribution in [0.15, 0.2) is 18.2 Å². The summed E-state index contributed by atoms with van der Waals surface area (Å²) >= 11 is 0. The van der Waals surface area contributed by atoms with Gasteiger partial charge in [-0.3, -0.25) is 9.59 Å². The van der Waals surface area contributed by atoms with Gasteiger partial charge in [0.1, 0.15) is 5.78 Å². The number of hydrogen-bond acceptors (Lipinski definition) is 5. The summed E-state index contributed by atoms with van der Waals surface area (Å²) in [6.45, 7) is 5.28. The molecule has 1 fully saturated rings. The molecular weight excluding hydrogens is 306 g/mol. The highest BCUT2D eigenvalue weighted by atomic mass is 16.7. The van der Waals surface area contributed by atoms with Crippen molar-refractivity contribution in [2.45, 2.75) is 39.5 Å². The van der Waals surface area contributed by atoms with E-state index < -0.39 is 5.41 Å². The fraction of sp³-hybridized carbons (Fsp3) is 0.579. The van der Waals surface area contributed by atoms with Gasteiger partial charge in [0.2, 0.25) is 0 Å². The summed E-state index contributed by atoms with van der Waals surface area (Å²) in [7, 11) is 3.01. The molecule has 0 N–H and O–H groups in total. The van der Waals surface area contributed by atoms with Gasteiger partial charge < -0.3 is 9.57 Å². The number of piperidine rings is 1. The molecule has 0 atom stereocenters. The lowest BCUT2D eigenvalue weighted by atomic mass is 9.74. The van der Waals surface area contributed by atoms with Crippen molar-refractivity contribution in [1.29, 1.82) is 0 Å². The van der Waals surface area contributed by atoms with E-state index in [2.05, 4.69) is 0 Å². The molecular formula is C19H27NO4. The van der Waals surface area contributed by atoms with E-state index in [1.165, 1.54) is 7.11 Å². The van der Waals surface area contributed by atoms with Crippen LogP contribution in [-0.4, -0.2) is 44.1 Å². The predicted molar refractivity (Wildman–Crippen MR) is 91.5 cm³/mol. The molecule has 0 radical (unpaired) electrons. The molecule has 0 saturated carbocycles. The Balaban J connectivity index is 2.10. The maximum atomic E-state index is 12.7. The third kappa shape index (κ3) is 4.22. The van der Waals surface area contributed by atoms with Crippen LogP contribution in [0.25, 0.3) is 0 Å². The molecule has 1 aliphatic heterocycles.